The topological polar surface area (TPSA) is 94.8 Å². The molecule has 3 unspecified atom stereocenters. The lowest BCUT2D eigenvalue weighted by molar-refractivity contribution is -0.116. The molecule has 3 aliphatic carbocycles. The molecule has 33 heavy (non-hydrogen) atoms. The average Bonchev–Trinajstić information content (AvgIpc) is 3.32. The molecule has 5 rings (SSSR count). The van der Waals surface area contributed by atoms with Crippen LogP contribution in [0, 0.1) is 30.1 Å². The van der Waals surface area contributed by atoms with Crippen molar-refractivity contribution in [2.45, 2.75) is 64.7 Å². The second-order valence-electron chi connectivity index (χ2n) is 10.2. The van der Waals surface area contributed by atoms with Gasteiger partial charge >= 0.3 is 0 Å². The van der Waals surface area contributed by atoms with Gasteiger partial charge in [-0.1, -0.05) is 23.7 Å². The minimum atomic E-state index is -0.137. The first-order valence-electron chi connectivity index (χ1n) is 11.7. The van der Waals surface area contributed by atoms with Crippen molar-refractivity contribution in [3.63, 3.8) is 0 Å². The molecule has 176 valence electrons. The van der Waals surface area contributed by atoms with Gasteiger partial charge < -0.3 is 15.6 Å². The standard InChI is InChI=1S/C25H30ClN3O3S/c1-13-12-27-24(33-13)28-22(31)6-4-15-10-21(29-32)25(2)8-7-16-17(23(15)25)5-3-14-9-20(30)19(26)11-18(14)16/h9,11-12,15-17,23,30,32H,3-8,10H2,1-2H3,(H,27,28,31)/t15-,16?,17?,23?,25-/m1/s1. The maximum absolute atomic E-state index is 12.6. The van der Waals surface area contributed by atoms with Crippen molar-refractivity contribution < 1.29 is 15.1 Å². The smallest absolute Gasteiger partial charge is 0.226 e. The number of hydrogen-bond acceptors (Lipinski definition) is 6. The maximum atomic E-state index is 12.6. The van der Waals surface area contributed by atoms with Crippen molar-refractivity contribution in [3.8, 4) is 5.75 Å². The van der Waals surface area contributed by atoms with E-state index >= 15 is 0 Å². The molecular formula is C25H30ClN3O3S. The number of halogens is 1. The van der Waals surface area contributed by atoms with Crippen LogP contribution in [0.15, 0.2) is 23.5 Å². The summed E-state index contributed by atoms with van der Waals surface area (Å²) >= 11 is 7.77. The number of amides is 1. The van der Waals surface area contributed by atoms with Crippen LogP contribution in [-0.2, 0) is 11.2 Å². The zero-order chi connectivity index (χ0) is 23.3. The molecule has 2 fully saturated rings. The zero-order valence-corrected chi connectivity index (χ0v) is 20.5. The van der Waals surface area contributed by atoms with Crippen molar-refractivity contribution in [1.29, 1.82) is 0 Å². The van der Waals surface area contributed by atoms with Crippen LogP contribution in [0.1, 0.15) is 67.4 Å². The number of benzene rings is 1. The first kappa shape index (κ1) is 22.7. The highest BCUT2D eigenvalue weighted by atomic mass is 35.5. The van der Waals surface area contributed by atoms with Crippen molar-refractivity contribution in [2.24, 2.45) is 28.3 Å². The number of nitrogens with zero attached hydrogens (tertiary/aromatic N) is 2. The molecule has 3 N–H and O–H groups in total. The molecule has 2 aromatic rings. The molecule has 0 bridgehead atoms. The Kier molecular flexibility index (Phi) is 5.90. The van der Waals surface area contributed by atoms with E-state index in [9.17, 15) is 15.1 Å². The molecule has 0 aliphatic heterocycles. The highest BCUT2D eigenvalue weighted by Gasteiger charge is 2.57. The van der Waals surface area contributed by atoms with E-state index < -0.39 is 0 Å². The largest absolute Gasteiger partial charge is 0.506 e. The third kappa shape index (κ3) is 3.93. The number of oxime groups is 1. The van der Waals surface area contributed by atoms with E-state index in [1.807, 2.05) is 19.1 Å². The summed E-state index contributed by atoms with van der Waals surface area (Å²) in [7, 11) is 0. The lowest BCUT2D eigenvalue weighted by Crippen LogP contribution is -2.44. The first-order chi connectivity index (χ1) is 15.8. The fourth-order valence-electron chi connectivity index (χ4n) is 6.99. The Balaban J connectivity index is 1.37. The van der Waals surface area contributed by atoms with Crippen LogP contribution < -0.4 is 5.32 Å². The molecule has 5 atom stereocenters. The number of aryl methyl sites for hydroxylation is 2. The van der Waals surface area contributed by atoms with Gasteiger partial charge in [0.2, 0.25) is 5.91 Å². The molecule has 6 nitrogen and oxygen atoms in total. The quantitative estimate of drug-likeness (QED) is 0.356. The lowest BCUT2D eigenvalue weighted by Gasteiger charge is -2.50. The third-order valence-electron chi connectivity index (χ3n) is 8.40. The number of phenolic OH excluding ortho intramolecular Hbond substituents is 1. The molecule has 0 spiro atoms. The number of carbonyl (C=O) groups excluding carboxylic acids is 1. The minimum Gasteiger partial charge on any atom is -0.506 e. The molecule has 8 heteroatoms. The van der Waals surface area contributed by atoms with E-state index in [2.05, 4.69) is 22.4 Å². The normalized spacial score (nSPS) is 31.7. The number of thiazole rings is 1. The van der Waals surface area contributed by atoms with Crippen LogP contribution in [-0.4, -0.2) is 26.9 Å². The number of nitrogens with one attached hydrogen (secondary N) is 1. The summed E-state index contributed by atoms with van der Waals surface area (Å²) in [5, 5.41) is 27.7. The van der Waals surface area contributed by atoms with E-state index in [1.165, 1.54) is 22.5 Å². The number of anilines is 1. The molecule has 1 heterocycles. The Morgan fingerprint density at radius 3 is 2.94 bits per heavy atom. The van der Waals surface area contributed by atoms with Gasteiger partial charge in [0.25, 0.3) is 0 Å². The van der Waals surface area contributed by atoms with Crippen molar-refractivity contribution in [3.05, 3.63) is 39.4 Å². The Morgan fingerprint density at radius 1 is 1.39 bits per heavy atom. The van der Waals surface area contributed by atoms with Gasteiger partial charge in [-0.05, 0) is 92.4 Å². The number of carbonyl (C=O) groups is 1. The van der Waals surface area contributed by atoms with Gasteiger partial charge in [0.05, 0.1) is 10.7 Å². The molecule has 0 radical (unpaired) electrons. The monoisotopic (exact) mass is 487 g/mol. The fraction of sp³-hybridized carbons (Fsp3) is 0.560. The van der Waals surface area contributed by atoms with Gasteiger partial charge in [-0.3, -0.25) is 4.79 Å². The van der Waals surface area contributed by atoms with Crippen molar-refractivity contribution >= 4 is 39.7 Å². The molecule has 1 aromatic carbocycles. The summed E-state index contributed by atoms with van der Waals surface area (Å²) < 4.78 is 0. The van der Waals surface area contributed by atoms with E-state index in [0.29, 0.717) is 40.2 Å². The summed E-state index contributed by atoms with van der Waals surface area (Å²) in [6.45, 7) is 4.22. The number of aromatic nitrogens is 1. The van der Waals surface area contributed by atoms with Crippen molar-refractivity contribution in [2.75, 3.05) is 5.32 Å². The van der Waals surface area contributed by atoms with Crippen LogP contribution >= 0.6 is 22.9 Å². The predicted molar refractivity (Wildman–Crippen MR) is 131 cm³/mol. The molecule has 2 saturated carbocycles. The number of aromatic hydroxyl groups is 1. The fourth-order valence-corrected chi connectivity index (χ4v) is 7.85. The number of rotatable bonds is 4. The summed E-state index contributed by atoms with van der Waals surface area (Å²) in [6.07, 6.45) is 7.63. The molecular weight excluding hydrogens is 458 g/mol. The van der Waals surface area contributed by atoms with E-state index in [1.54, 1.807) is 6.20 Å². The van der Waals surface area contributed by atoms with E-state index in [-0.39, 0.29) is 17.1 Å². The van der Waals surface area contributed by atoms with Crippen LogP contribution in [0.5, 0.6) is 5.75 Å². The van der Waals surface area contributed by atoms with Gasteiger partial charge in [-0.2, -0.15) is 0 Å². The number of hydrogen-bond donors (Lipinski definition) is 3. The van der Waals surface area contributed by atoms with Crippen LogP contribution in [0.4, 0.5) is 5.13 Å². The van der Waals surface area contributed by atoms with Gasteiger partial charge in [0.1, 0.15) is 5.75 Å². The highest BCUT2D eigenvalue weighted by molar-refractivity contribution is 7.15. The van der Waals surface area contributed by atoms with Gasteiger partial charge in [0, 0.05) is 22.9 Å². The first-order valence-corrected chi connectivity index (χ1v) is 12.9. The highest BCUT2D eigenvalue weighted by Crippen LogP contribution is 2.62. The Morgan fingerprint density at radius 2 is 2.21 bits per heavy atom. The maximum Gasteiger partial charge on any atom is 0.226 e. The average molecular weight is 488 g/mol. The van der Waals surface area contributed by atoms with Crippen molar-refractivity contribution in [1.82, 2.24) is 4.98 Å². The second-order valence-corrected chi connectivity index (χ2v) is 11.8. The summed E-state index contributed by atoms with van der Waals surface area (Å²) in [5.41, 5.74) is 3.22. The summed E-state index contributed by atoms with van der Waals surface area (Å²) in [4.78, 5) is 17.9. The molecule has 1 aromatic heterocycles. The van der Waals surface area contributed by atoms with Crippen LogP contribution in [0.3, 0.4) is 0 Å². The Hall–Kier alpha value is -2.12. The Bertz CT molecular complexity index is 1120. The third-order valence-corrected chi connectivity index (χ3v) is 9.53. The van der Waals surface area contributed by atoms with E-state index in [0.717, 1.165) is 49.1 Å². The Labute approximate surface area is 203 Å². The zero-order valence-electron chi connectivity index (χ0n) is 19.0. The predicted octanol–water partition coefficient (Wildman–Crippen LogP) is 6.14. The van der Waals surface area contributed by atoms with Crippen LogP contribution in [0.2, 0.25) is 5.02 Å². The molecule has 0 saturated heterocycles. The summed E-state index contributed by atoms with van der Waals surface area (Å²) in [5.74, 6) is 1.64. The minimum absolute atomic E-state index is 0.0101. The lowest BCUT2D eigenvalue weighted by atomic mass is 9.54. The molecule has 3 aliphatic rings. The van der Waals surface area contributed by atoms with Gasteiger partial charge in [-0.15, -0.1) is 11.3 Å². The van der Waals surface area contributed by atoms with Gasteiger partial charge in [0.15, 0.2) is 5.13 Å². The number of fused-ring (bicyclic) bond motifs is 5. The number of phenols is 1. The second kappa shape index (κ2) is 8.58. The van der Waals surface area contributed by atoms with Crippen LogP contribution in [0.25, 0.3) is 0 Å². The summed E-state index contributed by atoms with van der Waals surface area (Å²) in [6, 6.07) is 3.79. The van der Waals surface area contributed by atoms with Gasteiger partial charge in [-0.25, -0.2) is 4.98 Å². The van der Waals surface area contributed by atoms with E-state index in [4.69, 9.17) is 11.6 Å². The molecule has 1 amide bonds. The SMILES string of the molecule is Cc1cnc(NC(=O)CC[C@@H]2CC(=NO)[C@@]3(C)CCC4c5cc(Cl)c(O)cc5CCC4C23)s1.